The molecule has 1 amide bonds. The van der Waals surface area contributed by atoms with Gasteiger partial charge < -0.3 is 14.2 Å². The van der Waals surface area contributed by atoms with Crippen molar-refractivity contribution in [2.75, 3.05) is 27.6 Å². The maximum Gasteiger partial charge on any atom is 0.331 e. The molecule has 0 atom stereocenters. The monoisotopic (exact) mass is 395 g/mol. The van der Waals surface area contributed by atoms with Gasteiger partial charge in [-0.1, -0.05) is 0 Å². The molecular formula is C16H17N3O5S2. The molecule has 1 aromatic carbocycles. The summed E-state index contributed by atoms with van der Waals surface area (Å²) >= 11 is 2.54. The lowest BCUT2D eigenvalue weighted by Crippen LogP contribution is -2.19. The number of hydrogen-bond acceptors (Lipinski definition) is 9. The van der Waals surface area contributed by atoms with Crippen LogP contribution in [0.25, 0.3) is 0 Å². The van der Waals surface area contributed by atoms with E-state index in [1.54, 1.807) is 20.3 Å². The normalized spacial score (nSPS) is 17.0. The summed E-state index contributed by atoms with van der Waals surface area (Å²) in [5.41, 5.74) is 0.672. The zero-order valence-corrected chi connectivity index (χ0v) is 16.2. The summed E-state index contributed by atoms with van der Waals surface area (Å²) in [6, 6.07) is 3.64. The fourth-order valence-electron chi connectivity index (χ4n) is 1.94. The lowest BCUT2D eigenvalue weighted by Gasteiger charge is -2.11. The number of carbonyl (C=O) groups excluding carboxylic acids is 2. The van der Waals surface area contributed by atoms with Gasteiger partial charge in [-0.15, -0.1) is 16.9 Å². The summed E-state index contributed by atoms with van der Waals surface area (Å²) in [6.07, 6.45) is 4.53. The number of amidine groups is 1. The molecule has 1 aromatic rings. The van der Waals surface area contributed by atoms with E-state index < -0.39 is 11.9 Å². The highest BCUT2D eigenvalue weighted by molar-refractivity contribution is 8.18. The molecule has 0 bridgehead atoms. The Labute approximate surface area is 159 Å². The van der Waals surface area contributed by atoms with Gasteiger partial charge in [0.25, 0.3) is 5.91 Å². The van der Waals surface area contributed by atoms with Gasteiger partial charge in [-0.25, -0.2) is 4.79 Å². The summed E-state index contributed by atoms with van der Waals surface area (Å²) in [5.74, 6) is 0.267. The molecule has 1 heterocycles. The lowest BCUT2D eigenvalue weighted by atomic mass is 10.2. The van der Waals surface area contributed by atoms with Crippen molar-refractivity contribution in [3.05, 3.63) is 28.7 Å². The number of nitrogens with zero attached hydrogens (tertiary/aromatic N) is 2. The molecule has 1 aliphatic heterocycles. The second kappa shape index (κ2) is 9.30. The van der Waals surface area contributed by atoms with Gasteiger partial charge in [0.1, 0.15) is 11.5 Å². The number of thioether (sulfide) groups is 2. The molecule has 0 unspecified atom stereocenters. The molecule has 1 N–H and O–H groups in total. The Morgan fingerprint density at radius 2 is 1.96 bits per heavy atom. The SMILES string of the molecule is COC(=O)/C=C1/S/C(=N\N=Cc2cc(OC)c(SC)cc2OC)NC1=O. The van der Waals surface area contributed by atoms with Crippen molar-refractivity contribution in [2.24, 2.45) is 10.2 Å². The van der Waals surface area contributed by atoms with Crippen LogP contribution in [0.1, 0.15) is 5.56 Å². The molecule has 138 valence electrons. The van der Waals surface area contributed by atoms with E-state index in [0.717, 1.165) is 22.7 Å². The van der Waals surface area contributed by atoms with Crippen LogP contribution in [0.2, 0.25) is 0 Å². The van der Waals surface area contributed by atoms with Crippen LogP contribution >= 0.6 is 23.5 Å². The Balaban J connectivity index is 2.20. The number of benzene rings is 1. The predicted octanol–water partition coefficient (Wildman–Crippen LogP) is 2.04. The minimum atomic E-state index is -0.613. The van der Waals surface area contributed by atoms with Crippen LogP contribution in [0.15, 0.2) is 38.2 Å². The third-order valence-electron chi connectivity index (χ3n) is 3.18. The number of carbonyl (C=O) groups is 2. The topological polar surface area (TPSA) is 98.6 Å². The predicted molar refractivity (Wildman–Crippen MR) is 102 cm³/mol. The maximum atomic E-state index is 11.7. The molecule has 0 aliphatic carbocycles. The van der Waals surface area contributed by atoms with Crippen LogP contribution in [0.4, 0.5) is 0 Å². The van der Waals surface area contributed by atoms with Crippen LogP contribution < -0.4 is 14.8 Å². The first-order chi connectivity index (χ1) is 12.5. The molecule has 0 aromatic heterocycles. The zero-order chi connectivity index (χ0) is 19.1. The Morgan fingerprint density at radius 1 is 1.23 bits per heavy atom. The smallest absolute Gasteiger partial charge is 0.331 e. The van der Waals surface area contributed by atoms with E-state index in [1.807, 2.05) is 12.3 Å². The van der Waals surface area contributed by atoms with Crippen molar-refractivity contribution >= 4 is 46.8 Å². The summed E-state index contributed by atoms with van der Waals surface area (Å²) < 4.78 is 15.2. The number of methoxy groups -OCH3 is 3. The van der Waals surface area contributed by atoms with Crippen molar-refractivity contribution in [2.45, 2.75) is 4.90 Å². The van der Waals surface area contributed by atoms with Gasteiger partial charge in [0.15, 0.2) is 5.17 Å². The molecule has 1 fully saturated rings. The van der Waals surface area contributed by atoms with Gasteiger partial charge in [-0.3, -0.25) is 10.1 Å². The van der Waals surface area contributed by atoms with E-state index in [1.165, 1.54) is 25.1 Å². The summed E-state index contributed by atoms with van der Waals surface area (Å²) in [5, 5.41) is 10.7. The van der Waals surface area contributed by atoms with E-state index in [2.05, 4.69) is 20.3 Å². The molecule has 8 nitrogen and oxygen atoms in total. The van der Waals surface area contributed by atoms with Gasteiger partial charge in [-0.05, 0) is 30.2 Å². The first-order valence-corrected chi connectivity index (χ1v) is 9.26. The Morgan fingerprint density at radius 3 is 2.58 bits per heavy atom. The summed E-state index contributed by atoms with van der Waals surface area (Å²) in [4.78, 5) is 24.1. The quantitative estimate of drug-likeness (QED) is 0.259. The highest BCUT2D eigenvalue weighted by Gasteiger charge is 2.25. The molecule has 26 heavy (non-hydrogen) atoms. The number of rotatable bonds is 6. The number of ether oxygens (including phenoxy) is 3. The van der Waals surface area contributed by atoms with Crippen LogP contribution in [0, 0.1) is 0 Å². The van der Waals surface area contributed by atoms with E-state index in [-0.39, 0.29) is 10.1 Å². The van der Waals surface area contributed by atoms with E-state index >= 15 is 0 Å². The number of amides is 1. The highest BCUT2D eigenvalue weighted by atomic mass is 32.2. The molecule has 0 radical (unpaired) electrons. The Hall–Kier alpha value is -2.46. The van der Waals surface area contributed by atoms with E-state index in [4.69, 9.17) is 9.47 Å². The van der Waals surface area contributed by atoms with Crippen LogP contribution in [0.5, 0.6) is 11.5 Å². The first kappa shape index (κ1) is 19.9. The molecule has 1 aliphatic rings. The number of hydrogen-bond donors (Lipinski definition) is 1. The lowest BCUT2D eigenvalue weighted by molar-refractivity contribution is -0.135. The average Bonchev–Trinajstić information content (AvgIpc) is 3.00. The first-order valence-electron chi connectivity index (χ1n) is 7.22. The standard InChI is InChI=1S/C16H17N3O5S2/c1-22-10-6-12(25-4)11(23-2)5-9(10)8-17-19-16-18-15(21)13(26-16)7-14(20)24-3/h5-8H,1-4H3,(H,18,19,21)/b13-7+,17-8?. The molecule has 0 saturated carbocycles. The Bertz CT molecular complexity index is 805. The Kier molecular flexibility index (Phi) is 7.10. The van der Waals surface area contributed by atoms with Crippen molar-refractivity contribution < 1.29 is 23.8 Å². The van der Waals surface area contributed by atoms with Crippen molar-refractivity contribution in [3.8, 4) is 11.5 Å². The van der Waals surface area contributed by atoms with Crippen LogP contribution in [-0.2, 0) is 14.3 Å². The fourth-order valence-corrected chi connectivity index (χ4v) is 3.25. The van der Waals surface area contributed by atoms with Crippen molar-refractivity contribution in [1.29, 1.82) is 0 Å². The number of nitrogens with one attached hydrogen (secondary N) is 1. The molecule has 0 spiro atoms. The van der Waals surface area contributed by atoms with Crippen molar-refractivity contribution in [1.82, 2.24) is 5.32 Å². The number of esters is 1. The van der Waals surface area contributed by atoms with Crippen LogP contribution in [-0.4, -0.2) is 50.8 Å². The van der Waals surface area contributed by atoms with Gasteiger partial charge in [-0.2, -0.15) is 5.10 Å². The van der Waals surface area contributed by atoms with Gasteiger partial charge in [0.05, 0.1) is 37.3 Å². The van der Waals surface area contributed by atoms with Crippen LogP contribution in [0.3, 0.4) is 0 Å². The van der Waals surface area contributed by atoms with Gasteiger partial charge >= 0.3 is 5.97 Å². The zero-order valence-electron chi connectivity index (χ0n) is 14.6. The van der Waals surface area contributed by atoms with E-state index in [0.29, 0.717) is 17.1 Å². The fraction of sp³-hybridized carbons (Fsp3) is 0.250. The average molecular weight is 395 g/mol. The van der Waals surface area contributed by atoms with E-state index in [9.17, 15) is 9.59 Å². The summed E-state index contributed by atoms with van der Waals surface area (Å²) in [6.45, 7) is 0. The van der Waals surface area contributed by atoms with Gasteiger partial charge in [0, 0.05) is 11.6 Å². The largest absolute Gasteiger partial charge is 0.496 e. The highest BCUT2D eigenvalue weighted by Crippen LogP contribution is 2.33. The molecule has 10 heteroatoms. The second-order valence-corrected chi connectivity index (χ2v) is 6.57. The van der Waals surface area contributed by atoms with Crippen molar-refractivity contribution in [3.63, 3.8) is 0 Å². The van der Waals surface area contributed by atoms with Gasteiger partial charge in [0.2, 0.25) is 0 Å². The summed E-state index contributed by atoms with van der Waals surface area (Å²) in [7, 11) is 4.38. The minimum absolute atomic E-state index is 0.189. The molecule has 1 saturated heterocycles. The second-order valence-electron chi connectivity index (χ2n) is 4.69. The third-order valence-corrected chi connectivity index (χ3v) is 4.84. The third kappa shape index (κ3) is 4.79. The molecule has 2 rings (SSSR count). The maximum absolute atomic E-state index is 11.7. The minimum Gasteiger partial charge on any atom is -0.496 e. The molecular weight excluding hydrogens is 378 g/mol.